The van der Waals surface area contributed by atoms with Crippen molar-refractivity contribution in [3.63, 3.8) is 0 Å². The molecule has 0 unspecified atom stereocenters. The number of thiophene rings is 1. The molecule has 0 bridgehead atoms. The summed E-state index contributed by atoms with van der Waals surface area (Å²) in [4.78, 5) is 17.9. The van der Waals surface area contributed by atoms with Gasteiger partial charge in [0.15, 0.2) is 12.7 Å². The molecule has 0 atom stereocenters. The zero-order valence-corrected chi connectivity index (χ0v) is 76.5. The van der Waals surface area contributed by atoms with E-state index >= 15 is 0 Å². The van der Waals surface area contributed by atoms with Crippen LogP contribution in [0.15, 0.2) is 162 Å². The first-order valence-electron chi connectivity index (χ1n) is 36.2. The van der Waals surface area contributed by atoms with Crippen LogP contribution in [0.2, 0.25) is 0 Å². The molecule has 0 aliphatic heterocycles. The van der Waals surface area contributed by atoms with E-state index in [0.717, 1.165) is 53.3 Å². The van der Waals surface area contributed by atoms with Crippen LogP contribution < -0.4 is 0 Å². The topological polar surface area (TPSA) is 223 Å². The summed E-state index contributed by atoms with van der Waals surface area (Å²) >= 11 is 6.16. The van der Waals surface area contributed by atoms with E-state index in [0.29, 0.717) is 0 Å². The lowest BCUT2D eigenvalue weighted by Crippen LogP contribution is -1.66. The minimum Gasteiger partial charge on any atom is -0.473 e. The van der Waals surface area contributed by atoms with Crippen LogP contribution in [-0.2, 0) is 0 Å². The second kappa shape index (κ2) is 175. The first-order chi connectivity index (χ1) is 47.1. The third-order valence-corrected chi connectivity index (χ3v) is 5.02. The first kappa shape index (κ1) is 140. The number of nitrogens with one attached hydrogen (secondary N) is 1. The van der Waals surface area contributed by atoms with Crippen LogP contribution in [0.3, 0.4) is 0 Å². The Balaban J connectivity index is -0.0000000433. The molecule has 9 heterocycles. The number of H-pyrrole nitrogens is 1. The van der Waals surface area contributed by atoms with Crippen molar-refractivity contribution in [2.45, 2.75) is 312 Å². The van der Waals surface area contributed by atoms with E-state index in [1.165, 1.54) is 80.0 Å². The van der Waals surface area contributed by atoms with Crippen molar-refractivity contribution in [2.24, 2.45) is 53.3 Å². The molecule has 594 valence electrons. The molecule has 0 spiro atoms. The van der Waals surface area contributed by atoms with Crippen molar-refractivity contribution in [2.75, 3.05) is 0 Å². The molecule has 9 aromatic rings. The molecular formula is C78H169N13O4S4. The molecule has 0 aliphatic carbocycles. The molecular weight excluding hydrogens is 1310 g/mol. The molecule has 0 fully saturated rings. The van der Waals surface area contributed by atoms with E-state index in [-0.39, 0.29) is 0 Å². The number of aromatic amines is 1. The number of nitrogens with zero attached hydrogens (tertiary/aromatic N) is 12. The number of hydrogen-bond acceptors (Lipinski definition) is 20. The molecule has 1 N–H and O–H groups in total. The van der Waals surface area contributed by atoms with Crippen molar-refractivity contribution in [3.05, 3.63) is 145 Å². The van der Waals surface area contributed by atoms with Crippen LogP contribution in [0.5, 0.6) is 0 Å². The average Bonchev–Trinajstić information content (AvgIpc) is 4.43. The number of furan rings is 1. The Kier molecular flexibility index (Phi) is 248. The molecule has 9 aromatic heterocycles. The van der Waals surface area contributed by atoms with Gasteiger partial charge in [0.05, 0.1) is 24.2 Å². The SMILES string of the molecule is CC.CC.CC.CC.CC.CC.CC.CC.CC.CC(C)C.CC(C)C.CC(C)C.CC(C)C.CC(C)C.CC(C)C.CC(C)C.CC(C)C.CC(C)C.c1ccoc1.c1ccsc1.c1cocn1.c1cscn1.c1nc[nH]n1.c1ncon1.c1ncsn1.c1nnco1.c1nncs1. The Morgan fingerprint density at radius 2 is 0.657 bits per heavy atom. The smallest absolute Gasteiger partial charge is 0.213 e. The van der Waals surface area contributed by atoms with E-state index < -0.39 is 0 Å². The zero-order chi connectivity index (χ0) is 82.0. The van der Waals surface area contributed by atoms with Gasteiger partial charge in [0.1, 0.15) is 41.8 Å². The van der Waals surface area contributed by atoms with E-state index in [1.54, 1.807) is 69.6 Å². The molecule has 0 saturated heterocycles. The third-order valence-electron chi connectivity index (χ3n) is 3.01. The van der Waals surface area contributed by atoms with Gasteiger partial charge in [-0.25, -0.2) is 19.9 Å². The van der Waals surface area contributed by atoms with E-state index in [9.17, 15) is 0 Å². The van der Waals surface area contributed by atoms with E-state index in [2.05, 4.69) is 270 Å². The highest BCUT2D eigenvalue weighted by molar-refractivity contribution is 7.08. The summed E-state index contributed by atoms with van der Waals surface area (Å²) in [6.45, 7) is 94.5. The van der Waals surface area contributed by atoms with Crippen molar-refractivity contribution in [3.8, 4) is 0 Å². The Hall–Kier alpha value is -5.64. The van der Waals surface area contributed by atoms with Crippen LogP contribution in [0.25, 0.3) is 0 Å². The highest BCUT2D eigenvalue weighted by atomic mass is 32.1. The van der Waals surface area contributed by atoms with Gasteiger partial charge in [0, 0.05) is 11.6 Å². The lowest BCUT2D eigenvalue weighted by Gasteiger charge is -1.79. The van der Waals surface area contributed by atoms with Crippen molar-refractivity contribution in [1.82, 2.24) is 65.0 Å². The molecule has 99 heavy (non-hydrogen) atoms. The minimum absolute atomic E-state index is 0.833. The maximum atomic E-state index is 4.58. The summed E-state index contributed by atoms with van der Waals surface area (Å²) in [5, 5.41) is 28.8. The fourth-order valence-electron chi connectivity index (χ4n) is 1.52. The third kappa shape index (κ3) is 487. The summed E-state index contributed by atoms with van der Waals surface area (Å²) in [7, 11) is 0. The lowest BCUT2D eigenvalue weighted by atomic mass is 10.3. The Morgan fingerprint density at radius 1 is 0.283 bits per heavy atom. The predicted octanol–water partition coefficient (Wildman–Crippen LogP) is 30.1. The first-order valence-corrected chi connectivity index (χ1v) is 39.9. The molecule has 0 amide bonds. The number of hydrogen-bond donors (Lipinski definition) is 1. The van der Waals surface area contributed by atoms with Crippen molar-refractivity contribution in [1.29, 1.82) is 0 Å². The van der Waals surface area contributed by atoms with Crippen LogP contribution in [0.1, 0.15) is 312 Å². The zero-order valence-electron chi connectivity index (χ0n) is 73.2. The van der Waals surface area contributed by atoms with Gasteiger partial charge in [-0.3, -0.25) is 10.1 Å². The Bertz CT molecular complexity index is 1310. The highest BCUT2D eigenvalue weighted by Crippen LogP contribution is 1.92. The lowest BCUT2D eigenvalue weighted by molar-refractivity contribution is 0.416. The van der Waals surface area contributed by atoms with Gasteiger partial charge < -0.3 is 17.8 Å². The molecule has 0 aliphatic rings. The fraction of sp³-hybridized carbons (Fsp3) is 0.692. The molecule has 17 nitrogen and oxygen atoms in total. The quantitative estimate of drug-likeness (QED) is 0.149. The van der Waals surface area contributed by atoms with Crippen LogP contribution in [0.4, 0.5) is 0 Å². The Labute approximate surface area is 633 Å². The van der Waals surface area contributed by atoms with Gasteiger partial charge in [-0.1, -0.05) is 329 Å². The number of rotatable bonds is 0. The van der Waals surface area contributed by atoms with Crippen molar-refractivity contribution < 1.29 is 17.8 Å². The minimum atomic E-state index is 0.833. The molecule has 21 heteroatoms. The Morgan fingerprint density at radius 3 is 0.747 bits per heavy atom. The highest BCUT2D eigenvalue weighted by Gasteiger charge is 1.72. The van der Waals surface area contributed by atoms with Gasteiger partial charge in [-0.05, 0) is 87.7 Å². The van der Waals surface area contributed by atoms with Gasteiger partial charge in [-0.2, -0.15) is 20.8 Å². The maximum absolute atomic E-state index is 4.58. The maximum Gasteiger partial charge on any atom is 0.213 e. The summed E-state index contributed by atoms with van der Waals surface area (Å²) in [5.74, 6) is 7.50. The average molecular weight is 1480 g/mol. The van der Waals surface area contributed by atoms with Gasteiger partial charge in [0.25, 0.3) is 0 Å². The normalized spacial score (nSPS) is 7.45. The summed E-state index contributed by atoms with van der Waals surface area (Å²) < 4.78 is 21.3. The van der Waals surface area contributed by atoms with E-state index in [4.69, 9.17) is 0 Å². The molecule has 9 rings (SSSR count). The summed E-state index contributed by atoms with van der Waals surface area (Å²) in [6, 6.07) is 7.70. The standard InChI is InChI=1S/C4H4O.C4H4S.9C4H10.C3H3NO.C3H3NS.C2H3N3.2C2H2N2O.2C2H2N2S.9C2H6/c2*1-2-4-5-3-1;9*1-4(2)3;2*1-2-5-3-4-1;1-3-2-5-4-1;1-3-4-2-5-1;1-3-2-5-4-1;1-3-4-2-5-1;1-3-2-5-4-1;9*1-2/h2*1-4H;9*4H,1-3H3;2*1-3H;1-2H,(H,3,4,5);4*1-2H;9*1-2H3. The van der Waals surface area contributed by atoms with Crippen molar-refractivity contribution >= 4 is 45.5 Å². The van der Waals surface area contributed by atoms with Crippen LogP contribution >= 0.6 is 45.5 Å². The molecule has 0 saturated carbocycles. The van der Waals surface area contributed by atoms with Crippen LogP contribution in [0, 0.1) is 53.3 Å². The number of aromatic nitrogens is 13. The number of thiazole rings is 1. The number of oxazole rings is 1. The molecule has 0 aromatic carbocycles. The monoisotopic (exact) mass is 1480 g/mol. The predicted molar refractivity (Wildman–Crippen MR) is 453 cm³/mol. The second-order valence-corrected chi connectivity index (χ2v) is 24.4. The second-order valence-electron chi connectivity index (χ2n) is 21.5. The fourth-order valence-corrected chi connectivity index (χ4v) is 2.87. The van der Waals surface area contributed by atoms with Gasteiger partial charge >= 0.3 is 0 Å². The molecule has 0 radical (unpaired) electrons. The van der Waals surface area contributed by atoms with Crippen LogP contribution in [-0.4, -0.2) is 65.0 Å². The van der Waals surface area contributed by atoms with Gasteiger partial charge in [0.2, 0.25) is 19.2 Å². The van der Waals surface area contributed by atoms with Gasteiger partial charge in [-0.15, -0.1) is 43.1 Å². The largest absolute Gasteiger partial charge is 0.473 e. The van der Waals surface area contributed by atoms with E-state index in [1.807, 2.05) is 165 Å². The summed E-state index contributed by atoms with van der Waals surface area (Å²) in [5.41, 5.74) is 6.83. The summed E-state index contributed by atoms with van der Waals surface area (Å²) in [6.07, 6.45) is 19.1.